The zero-order chi connectivity index (χ0) is 15.4. The standard InChI is InChI=1S/C13H14F3NO3/c1-3-6(2)11(13(19)20)17-12(18)10-8(15)4-7(14)5-9(10)16/h4-6,11H,3H2,1-2H3,(H,17,18)(H,19,20)/t6-,11-/m1/s1. The van der Waals surface area contributed by atoms with Gasteiger partial charge in [-0.3, -0.25) is 4.79 Å². The number of halogens is 3. The summed E-state index contributed by atoms with van der Waals surface area (Å²) in [7, 11) is 0. The van der Waals surface area contributed by atoms with E-state index in [0.29, 0.717) is 18.6 Å². The summed E-state index contributed by atoms with van der Waals surface area (Å²) in [5.74, 6) is -6.89. The number of carboxylic acids is 1. The number of carbonyl (C=O) groups is 2. The maximum Gasteiger partial charge on any atom is 0.326 e. The molecular weight excluding hydrogens is 275 g/mol. The number of hydrogen-bond donors (Lipinski definition) is 2. The smallest absolute Gasteiger partial charge is 0.326 e. The zero-order valence-corrected chi connectivity index (χ0v) is 10.9. The number of amides is 1. The first-order chi connectivity index (χ1) is 9.27. The lowest BCUT2D eigenvalue weighted by atomic mass is 9.99. The van der Waals surface area contributed by atoms with E-state index in [0.717, 1.165) is 0 Å². The van der Waals surface area contributed by atoms with Gasteiger partial charge in [0.2, 0.25) is 0 Å². The number of rotatable bonds is 5. The number of carbonyl (C=O) groups excluding carboxylic acids is 1. The summed E-state index contributed by atoms with van der Waals surface area (Å²) in [5.41, 5.74) is -0.999. The number of nitrogens with one attached hydrogen (secondary N) is 1. The van der Waals surface area contributed by atoms with Gasteiger partial charge in [-0.05, 0) is 5.92 Å². The summed E-state index contributed by atoms with van der Waals surface area (Å²) < 4.78 is 39.6. The molecule has 0 unspecified atom stereocenters. The van der Waals surface area contributed by atoms with Gasteiger partial charge in [0.15, 0.2) is 0 Å². The fourth-order valence-electron chi connectivity index (χ4n) is 1.66. The van der Waals surface area contributed by atoms with Crippen LogP contribution < -0.4 is 5.32 Å². The Morgan fingerprint density at radius 1 is 1.25 bits per heavy atom. The molecule has 4 nitrogen and oxygen atoms in total. The number of carboxylic acid groups (broad SMARTS) is 1. The second-order valence-electron chi connectivity index (χ2n) is 4.42. The third-order valence-electron chi connectivity index (χ3n) is 3.00. The van der Waals surface area contributed by atoms with E-state index < -0.39 is 46.9 Å². The SMILES string of the molecule is CC[C@@H](C)[C@@H](NC(=O)c1c(F)cc(F)cc1F)C(=O)O. The summed E-state index contributed by atoms with van der Waals surface area (Å²) >= 11 is 0. The number of hydrogen-bond acceptors (Lipinski definition) is 2. The fraction of sp³-hybridized carbons (Fsp3) is 0.385. The van der Waals surface area contributed by atoms with Crippen LogP contribution in [0.3, 0.4) is 0 Å². The molecule has 0 bridgehead atoms. The Kier molecular flexibility index (Phi) is 5.12. The molecule has 0 radical (unpaired) electrons. The second kappa shape index (κ2) is 6.40. The Labute approximate surface area is 113 Å². The average Bonchev–Trinajstić information content (AvgIpc) is 2.33. The van der Waals surface area contributed by atoms with Crippen LogP contribution in [0.2, 0.25) is 0 Å². The molecule has 1 rings (SSSR count). The van der Waals surface area contributed by atoms with Crippen molar-refractivity contribution in [2.45, 2.75) is 26.3 Å². The minimum Gasteiger partial charge on any atom is -0.480 e. The van der Waals surface area contributed by atoms with Gasteiger partial charge in [0.05, 0.1) is 0 Å². The second-order valence-corrected chi connectivity index (χ2v) is 4.42. The van der Waals surface area contributed by atoms with Crippen molar-refractivity contribution < 1.29 is 27.9 Å². The van der Waals surface area contributed by atoms with Gasteiger partial charge in [0, 0.05) is 12.1 Å². The molecule has 0 heterocycles. The Morgan fingerprint density at radius 3 is 2.15 bits per heavy atom. The van der Waals surface area contributed by atoms with Gasteiger partial charge in [0.1, 0.15) is 29.1 Å². The first-order valence-corrected chi connectivity index (χ1v) is 5.96. The molecule has 110 valence electrons. The molecular formula is C13H14F3NO3. The van der Waals surface area contributed by atoms with Gasteiger partial charge in [0.25, 0.3) is 5.91 Å². The molecule has 0 spiro atoms. The van der Waals surface area contributed by atoms with Crippen LogP contribution in [0.5, 0.6) is 0 Å². The first kappa shape index (κ1) is 16.0. The lowest BCUT2D eigenvalue weighted by Crippen LogP contribution is -2.45. The van der Waals surface area contributed by atoms with E-state index in [2.05, 4.69) is 0 Å². The Bertz CT molecular complexity index is 511. The fourth-order valence-corrected chi connectivity index (χ4v) is 1.66. The van der Waals surface area contributed by atoms with Crippen molar-refractivity contribution in [3.63, 3.8) is 0 Å². The predicted molar refractivity (Wildman–Crippen MR) is 64.7 cm³/mol. The van der Waals surface area contributed by atoms with E-state index in [4.69, 9.17) is 5.11 Å². The summed E-state index contributed by atoms with van der Waals surface area (Å²) in [6.45, 7) is 3.29. The Hall–Kier alpha value is -2.05. The van der Waals surface area contributed by atoms with Crippen molar-refractivity contribution in [3.05, 3.63) is 35.1 Å². The van der Waals surface area contributed by atoms with Crippen LogP contribution in [-0.2, 0) is 4.79 Å². The quantitative estimate of drug-likeness (QED) is 0.874. The van der Waals surface area contributed by atoms with E-state index in [1.54, 1.807) is 13.8 Å². The average molecular weight is 289 g/mol. The van der Waals surface area contributed by atoms with Crippen molar-refractivity contribution in [2.75, 3.05) is 0 Å². The molecule has 1 aromatic rings. The van der Waals surface area contributed by atoms with Crippen LogP contribution in [0.4, 0.5) is 13.2 Å². The van der Waals surface area contributed by atoms with Gasteiger partial charge in [-0.15, -0.1) is 0 Å². The molecule has 20 heavy (non-hydrogen) atoms. The molecule has 0 saturated heterocycles. The minimum absolute atomic E-state index is 0.358. The molecule has 7 heteroatoms. The van der Waals surface area contributed by atoms with Gasteiger partial charge in [-0.25, -0.2) is 18.0 Å². The number of benzene rings is 1. The summed E-state index contributed by atoms with van der Waals surface area (Å²) in [5, 5.41) is 11.0. The van der Waals surface area contributed by atoms with Crippen molar-refractivity contribution in [1.82, 2.24) is 5.32 Å². The highest BCUT2D eigenvalue weighted by Crippen LogP contribution is 2.16. The maximum absolute atomic E-state index is 13.4. The molecule has 0 aromatic heterocycles. The lowest BCUT2D eigenvalue weighted by Gasteiger charge is -2.20. The highest BCUT2D eigenvalue weighted by molar-refractivity contribution is 5.97. The zero-order valence-electron chi connectivity index (χ0n) is 10.9. The molecule has 0 aliphatic carbocycles. The van der Waals surface area contributed by atoms with Gasteiger partial charge in [-0.1, -0.05) is 20.3 Å². The topological polar surface area (TPSA) is 66.4 Å². The highest BCUT2D eigenvalue weighted by Gasteiger charge is 2.28. The third-order valence-corrected chi connectivity index (χ3v) is 3.00. The van der Waals surface area contributed by atoms with E-state index in [1.807, 2.05) is 5.32 Å². The van der Waals surface area contributed by atoms with Crippen LogP contribution >= 0.6 is 0 Å². The van der Waals surface area contributed by atoms with Gasteiger partial charge < -0.3 is 10.4 Å². The van der Waals surface area contributed by atoms with Gasteiger partial charge >= 0.3 is 5.97 Å². The minimum atomic E-state index is -1.38. The third kappa shape index (κ3) is 3.49. The van der Waals surface area contributed by atoms with E-state index in [9.17, 15) is 22.8 Å². The predicted octanol–water partition coefficient (Wildman–Crippen LogP) is 2.33. The van der Waals surface area contributed by atoms with Crippen molar-refractivity contribution in [3.8, 4) is 0 Å². The molecule has 2 N–H and O–H groups in total. The van der Waals surface area contributed by atoms with E-state index in [1.165, 1.54) is 0 Å². The van der Waals surface area contributed by atoms with E-state index in [-0.39, 0.29) is 0 Å². The molecule has 0 aliphatic heterocycles. The monoisotopic (exact) mass is 289 g/mol. The molecule has 1 aromatic carbocycles. The van der Waals surface area contributed by atoms with Crippen LogP contribution in [-0.4, -0.2) is 23.0 Å². The Balaban J connectivity index is 3.04. The van der Waals surface area contributed by atoms with Crippen LogP contribution in [0.25, 0.3) is 0 Å². The molecule has 0 saturated carbocycles. The van der Waals surface area contributed by atoms with Gasteiger partial charge in [-0.2, -0.15) is 0 Å². The summed E-state index contributed by atoms with van der Waals surface area (Å²) in [6.07, 6.45) is 0.450. The Morgan fingerprint density at radius 2 is 1.75 bits per heavy atom. The molecule has 0 fully saturated rings. The van der Waals surface area contributed by atoms with Crippen LogP contribution in [0.15, 0.2) is 12.1 Å². The maximum atomic E-state index is 13.4. The molecule has 1 amide bonds. The van der Waals surface area contributed by atoms with E-state index >= 15 is 0 Å². The van der Waals surface area contributed by atoms with Crippen LogP contribution in [0.1, 0.15) is 30.6 Å². The largest absolute Gasteiger partial charge is 0.480 e. The number of aliphatic carboxylic acids is 1. The first-order valence-electron chi connectivity index (χ1n) is 5.96. The molecule has 2 atom stereocenters. The van der Waals surface area contributed by atoms with Crippen LogP contribution in [0, 0.1) is 23.4 Å². The van der Waals surface area contributed by atoms with Crippen molar-refractivity contribution in [2.24, 2.45) is 5.92 Å². The summed E-state index contributed by atoms with van der Waals surface area (Å²) in [6, 6.07) is -0.565. The normalized spacial score (nSPS) is 13.7. The van der Waals surface area contributed by atoms with Crippen molar-refractivity contribution in [1.29, 1.82) is 0 Å². The van der Waals surface area contributed by atoms with Crippen molar-refractivity contribution >= 4 is 11.9 Å². The highest BCUT2D eigenvalue weighted by atomic mass is 19.1. The summed E-state index contributed by atoms with van der Waals surface area (Å²) in [4.78, 5) is 22.8. The molecule has 0 aliphatic rings. The lowest BCUT2D eigenvalue weighted by molar-refractivity contribution is -0.140.